The third-order valence-electron chi connectivity index (χ3n) is 4.86. The Morgan fingerprint density at radius 3 is 2.55 bits per heavy atom. The normalized spacial score (nSPS) is 11.6. The molecule has 0 bridgehead atoms. The lowest BCUT2D eigenvalue weighted by atomic mass is 10.1. The fourth-order valence-corrected chi connectivity index (χ4v) is 4.72. The monoisotopic (exact) mass is 456 g/mol. The molecule has 0 amide bonds. The van der Waals surface area contributed by atoms with Crippen molar-refractivity contribution in [1.82, 2.24) is 9.78 Å². The van der Waals surface area contributed by atoms with Crippen molar-refractivity contribution in [1.29, 1.82) is 0 Å². The summed E-state index contributed by atoms with van der Waals surface area (Å²) in [6.07, 6.45) is 0. The minimum Gasteiger partial charge on any atom is -0.496 e. The van der Waals surface area contributed by atoms with Gasteiger partial charge >= 0.3 is 0 Å². The number of rotatable bonds is 7. The molecular formula is C22H21ClN4O3S. The van der Waals surface area contributed by atoms with Gasteiger partial charge in [0.25, 0.3) is 10.0 Å². The Hall–Kier alpha value is -3.07. The molecule has 1 aromatic heterocycles. The summed E-state index contributed by atoms with van der Waals surface area (Å²) in [5, 5.41) is 5.47. The SMILES string of the molecule is COc1cccc2c1c(NS(=O)(=O)c1cccc(Cl)c1)nn2Cc1cccc(CN)c1. The zero-order chi connectivity index (χ0) is 22.0. The van der Waals surface area contributed by atoms with E-state index in [1.807, 2.05) is 36.4 Å². The Morgan fingerprint density at radius 1 is 1.06 bits per heavy atom. The lowest BCUT2D eigenvalue weighted by Crippen LogP contribution is -2.14. The number of fused-ring (bicyclic) bond motifs is 1. The van der Waals surface area contributed by atoms with Crippen molar-refractivity contribution in [2.45, 2.75) is 18.0 Å². The molecule has 0 aliphatic rings. The number of anilines is 1. The Balaban J connectivity index is 1.80. The molecule has 3 aromatic carbocycles. The van der Waals surface area contributed by atoms with Crippen molar-refractivity contribution in [2.24, 2.45) is 5.73 Å². The van der Waals surface area contributed by atoms with Gasteiger partial charge in [-0.1, -0.05) is 48.0 Å². The first kappa shape index (κ1) is 21.2. The van der Waals surface area contributed by atoms with E-state index in [0.29, 0.717) is 29.2 Å². The number of nitrogens with two attached hydrogens (primary N) is 1. The summed E-state index contributed by atoms with van der Waals surface area (Å²) in [5.41, 5.74) is 8.50. The van der Waals surface area contributed by atoms with Crippen LogP contribution >= 0.6 is 11.6 Å². The molecular weight excluding hydrogens is 436 g/mol. The second kappa shape index (κ2) is 8.58. The number of hydrogen-bond donors (Lipinski definition) is 2. The molecule has 0 radical (unpaired) electrons. The van der Waals surface area contributed by atoms with Gasteiger partial charge in [0.1, 0.15) is 5.75 Å². The highest BCUT2D eigenvalue weighted by molar-refractivity contribution is 7.92. The maximum atomic E-state index is 13.0. The van der Waals surface area contributed by atoms with Crippen molar-refractivity contribution in [3.05, 3.63) is 82.9 Å². The predicted octanol–water partition coefficient (Wildman–Crippen LogP) is 4.01. The number of hydrogen-bond acceptors (Lipinski definition) is 5. The predicted molar refractivity (Wildman–Crippen MR) is 122 cm³/mol. The zero-order valence-electron chi connectivity index (χ0n) is 16.7. The van der Waals surface area contributed by atoms with Crippen LogP contribution in [-0.2, 0) is 23.1 Å². The number of aromatic nitrogens is 2. The van der Waals surface area contributed by atoms with Crippen LogP contribution in [0.3, 0.4) is 0 Å². The van der Waals surface area contributed by atoms with E-state index in [-0.39, 0.29) is 10.7 Å². The number of nitrogens with one attached hydrogen (secondary N) is 1. The van der Waals surface area contributed by atoms with Gasteiger partial charge in [-0.3, -0.25) is 9.40 Å². The van der Waals surface area contributed by atoms with Gasteiger partial charge in [-0.15, -0.1) is 0 Å². The topological polar surface area (TPSA) is 99.2 Å². The second-order valence-corrected chi connectivity index (χ2v) is 9.07. The smallest absolute Gasteiger partial charge is 0.263 e. The molecule has 1 heterocycles. The van der Waals surface area contributed by atoms with E-state index in [2.05, 4.69) is 9.82 Å². The molecule has 7 nitrogen and oxygen atoms in total. The van der Waals surface area contributed by atoms with Gasteiger partial charge in [0.15, 0.2) is 5.82 Å². The Kier molecular flexibility index (Phi) is 5.86. The summed E-state index contributed by atoms with van der Waals surface area (Å²) < 4.78 is 35.8. The van der Waals surface area contributed by atoms with E-state index in [1.165, 1.54) is 19.2 Å². The van der Waals surface area contributed by atoms with E-state index < -0.39 is 10.0 Å². The number of nitrogens with zero attached hydrogens (tertiary/aromatic N) is 2. The third-order valence-corrected chi connectivity index (χ3v) is 6.43. The van der Waals surface area contributed by atoms with Crippen molar-refractivity contribution in [3.8, 4) is 5.75 Å². The molecule has 3 N–H and O–H groups in total. The lowest BCUT2D eigenvalue weighted by Gasteiger charge is -2.07. The first-order valence-corrected chi connectivity index (χ1v) is 11.4. The van der Waals surface area contributed by atoms with E-state index in [0.717, 1.165) is 16.6 Å². The molecule has 9 heteroatoms. The van der Waals surface area contributed by atoms with Gasteiger partial charge in [-0.25, -0.2) is 8.42 Å². The Labute approximate surface area is 185 Å². The van der Waals surface area contributed by atoms with Crippen LogP contribution in [0.4, 0.5) is 5.82 Å². The largest absolute Gasteiger partial charge is 0.496 e. The third kappa shape index (κ3) is 4.36. The van der Waals surface area contributed by atoms with Crippen LogP contribution in [0.2, 0.25) is 5.02 Å². The van der Waals surface area contributed by atoms with Crippen LogP contribution in [0, 0.1) is 0 Å². The van der Waals surface area contributed by atoms with Crippen molar-refractivity contribution in [2.75, 3.05) is 11.8 Å². The maximum absolute atomic E-state index is 13.0. The minimum absolute atomic E-state index is 0.0493. The Bertz CT molecular complexity index is 1350. The lowest BCUT2D eigenvalue weighted by molar-refractivity contribution is 0.420. The summed E-state index contributed by atoms with van der Waals surface area (Å²) in [4.78, 5) is 0.0493. The standard InChI is InChI=1S/C22H21ClN4O3S/c1-30-20-10-4-9-19-21(20)22(26-31(28,29)18-8-3-7-17(23)12-18)25-27(19)14-16-6-2-5-15(11-16)13-24/h2-12H,13-14,24H2,1H3,(H,25,26). The van der Waals surface area contributed by atoms with E-state index >= 15 is 0 Å². The Morgan fingerprint density at radius 2 is 1.81 bits per heavy atom. The molecule has 0 atom stereocenters. The quantitative estimate of drug-likeness (QED) is 0.437. The van der Waals surface area contributed by atoms with E-state index in [9.17, 15) is 8.42 Å². The molecule has 0 saturated carbocycles. The van der Waals surface area contributed by atoms with Crippen molar-refractivity contribution >= 4 is 38.3 Å². The highest BCUT2D eigenvalue weighted by Gasteiger charge is 2.21. The molecule has 0 aliphatic carbocycles. The van der Waals surface area contributed by atoms with Crippen LogP contribution in [0.15, 0.2) is 71.6 Å². The van der Waals surface area contributed by atoms with E-state index in [1.54, 1.807) is 22.9 Å². The summed E-state index contributed by atoms with van der Waals surface area (Å²) in [7, 11) is -2.37. The number of sulfonamides is 1. The molecule has 4 rings (SSSR count). The fraction of sp³-hybridized carbons (Fsp3) is 0.136. The molecule has 0 spiro atoms. The second-order valence-electron chi connectivity index (χ2n) is 6.95. The number of methoxy groups -OCH3 is 1. The van der Waals surface area contributed by atoms with Gasteiger partial charge in [0.2, 0.25) is 0 Å². The number of benzene rings is 3. The van der Waals surface area contributed by atoms with Crippen LogP contribution in [0.5, 0.6) is 5.75 Å². The molecule has 31 heavy (non-hydrogen) atoms. The van der Waals surface area contributed by atoms with Crippen molar-refractivity contribution < 1.29 is 13.2 Å². The minimum atomic E-state index is -3.90. The van der Waals surface area contributed by atoms with Gasteiger partial charge in [-0.2, -0.15) is 5.10 Å². The number of ether oxygens (including phenoxy) is 1. The fourth-order valence-electron chi connectivity index (χ4n) is 3.41. The van der Waals surface area contributed by atoms with Gasteiger partial charge in [0, 0.05) is 11.6 Å². The molecule has 0 unspecified atom stereocenters. The first-order chi connectivity index (χ1) is 14.9. The summed E-state index contributed by atoms with van der Waals surface area (Å²) in [6.45, 7) is 0.878. The van der Waals surface area contributed by atoms with Crippen LogP contribution in [0.25, 0.3) is 10.9 Å². The molecule has 0 fully saturated rings. The van der Waals surface area contributed by atoms with Gasteiger partial charge < -0.3 is 10.5 Å². The maximum Gasteiger partial charge on any atom is 0.263 e. The molecule has 0 aliphatic heterocycles. The van der Waals surface area contributed by atoms with Crippen LogP contribution < -0.4 is 15.2 Å². The van der Waals surface area contributed by atoms with Crippen LogP contribution in [-0.4, -0.2) is 25.3 Å². The zero-order valence-corrected chi connectivity index (χ0v) is 18.3. The first-order valence-electron chi connectivity index (χ1n) is 9.51. The van der Waals surface area contributed by atoms with Gasteiger partial charge in [-0.05, 0) is 41.5 Å². The molecule has 0 saturated heterocycles. The summed E-state index contributed by atoms with van der Waals surface area (Å²) in [5.74, 6) is 0.700. The average molecular weight is 457 g/mol. The van der Waals surface area contributed by atoms with Crippen molar-refractivity contribution in [3.63, 3.8) is 0 Å². The molecule has 4 aromatic rings. The average Bonchev–Trinajstić information content (AvgIpc) is 3.10. The molecule has 160 valence electrons. The number of halogens is 1. The summed E-state index contributed by atoms with van der Waals surface area (Å²) in [6, 6.07) is 19.4. The highest BCUT2D eigenvalue weighted by Crippen LogP contribution is 2.34. The van der Waals surface area contributed by atoms with E-state index in [4.69, 9.17) is 22.1 Å². The van der Waals surface area contributed by atoms with Gasteiger partial charge in [0.05, 0.1) is 29.5 Å². The highest BCUT2D eigenvalue weighted by atomic mass is 35.5. The van der Waals surface area contributed by atoms with Crippen LogP contribution in [0.1, 0.15) is 11.1 Å². The summed E-state index contributed by atoms with van der Waals surface area (Å²) >= 11 is 5.97.